The van der Waals surface area contributed by atoms with Gasteiger partial charge in [0.25, 0.3) is 0 Å². The van der Waals surface area contributed by atoms with E-state index in [4.69, 9.17) is 5.73 Å². The minimum atomic E-state index is 0. The van der Waals surface area contributed by atoms with Crippen molar-refractivity contribution in [1.29, 1.82) is 5.26 Å². The molecule has 0 aromatic carbocycles. The number of piperidine rings is 1. The van der Waals surface area contributed by atoms with E-state index in [1.807, 2.05) is 6.20 Å². The van der Waals surface area contributed by atoms with Gasteiger partial charge in [-0.05, 0) is 56.2 Å². The third-order valence-corrected chi connectivity index (χ3v) is 5.42. The number of nitrogen functional groups attached to an aromatic ring is 1. The van der Waals surface area contributed by atoms with Crippen LogP contribution >= 0.6 is 12.4 Å². The summed E-state index contributed by atoms with van der Waals surface area (Å²) in [6.07, 6.45) is 9.04. The van der Waals surface area contributed by atoms with E-state index in [-0.39, 0.29) is 12.4 Å². The van der Waals surface area contributed by atoms with E-state index in [2.05, 4.69) is 26.6 Å². The summed E-state index contributed by atoms with van der Waals surface area (Å²) < 4.78 is 0. The van der Waals surface area contributed by atoms with Gasteiger partial charge < -0.3 is 11.1 Å². The first-order valence-corrected chi connectivity index (χ1v) is 8.14. The zero-order chi connectivity index (χ0) is 15.9. The van der Waals surface area contributed by atoms with Crippen molar-refractivity contribution in [1.82, 2.24) is 20.5 Å². The Bertz CT molecular complexity index is 771. The van der Waals surface area contributed by atoms with E-state index >= 15 is 0 Å². The second kappa shape index (κ2) is 6.42. The first-order valence-electron chi connectivity index (χ1n) is 8.14. The molecule has 4 N–H and O–H groups in total. The molecule has 2 aromatic heterocycles. The maximum atomic E-state index is 9.59. The van der Waals surface area contributed by atoms with Crippen molar-refractivity contribution in [3.05, 3.63) is 29.2 Å². The van der Waals surface area contributed by atoms with Crippen molar-refractivity contribution in [2.75, 3.05) is 18.8 Å². The Hall–Kier alpha value is -2.10. The summed E-state index contributed by atoms with van der Waals surface area (Å²) in [5.41, 5.74) is 11.0. The normalized spacial score (nSPS) is 18.5. The molecule has 7 heteroatoms. The number of hydrogen-bond donors (Lipinski definition) is 3. The van der Waals surface area contributed by atoms with E-state index in [9.17, 15) is 5.26 Å². The van der Waals surface area contributed by atoms with E-state index in [0.29, 0.717) is 16.8 Å². The highest BCUT2D eigenvalue weighted by atomic mass is 35.5. The van der Waals surface area contributed by atoms with Crippen LogP contribution in [0, 0.1) is 16.7 Å². The molecule has 1 saturated heterocycles. The summed E-state index contributed by atoms with van der Waals surface area (Å²) in [5, 5.41) is 19.9. The van der Waals surface area contributed by atoms with Crippen LogP contribution in [-0.4, -0.2) is 28.3 Å². The van der Waals surface area contributed by atoms with Gasteiger partial charge in [-0.2, -0.15) is 10.4 Å². The molecule has 0 unspecified atom stereocenters. The standard InChI is InChI=1S/C17H20N6.ClH/c18-8-13-15(11-9-21-22-10-11)12-7-17(3-5-20-6-4-17)2-1-14(12)23-16(13)19;/h9-10,20H,1-7H2,(H2,19,23)(H,21,22);1H. The lowest BCUT2D eigenvalue weighted by Gasteiger charge is -2.42. The Morgan fingerprint density at radius 3 is 2.71 bits per heavy atom. The van der Waals surface area contributed by atoms with Gasteiger partial charge in [0.05, 0.1) is 6.20 Å². The highest BCUT2D eigenvalue weighted by molar-refractivity contribution is 5.85. The number of nitriles is 1. The van der Waals surface area contributed by atoms with Crippen LogP contribution < -0.4 is 11.1 Å². The molecule has 1 spiro atoms. The van der Waals surface area contributed by atoms with Gasteiger partial charge in [-0.25, -0.2) is 4.98 Å². The van der Waals surface area contributed by atoms with Gasteiger partial charge in [-0.1, -0.05) is 0 Å². The number of nitrogens with two attached hydrogens (primary N) is 1. The van der Waals surface area contributed by atoms with E-state index < -0.39 is 0 Å². The minimum Gasteiger partial charge on any atom is -0.383 e. The quantitative estimate of drug-likeness (QED) is 0.735. The largest absolute Gasteiger partial charge is 0.383 e. The molecule has 1 aliphatic carbocycles. The summed E-state index contributed by atoms with van der Waals surface area (Å²) in [7, 11) is 0. The number of fused-ring (bicyclic) bond motifs is 1. The van der Waals surface area contributed by atoms with Crippen molar-refractivity contribution in [3.63, 3.8) is 0 Å². The molecule has 0 bridgehead atoms. The second-order valence-electron chi connectivity index (χ2n) is 6.70. The van der Waals surface area contributed by atoms with Gasteiger partial charge in [0, 0.05) is 23.0 Å². The van der Waals surface area contributed by atoms with Crippen molar-refractivity contribution < 1.29 is 0 Å². The second-order valence-corrected chi connectivity index (χ2v) is 6.70. The van der Waals surface area contributed by atoms with E-state index in [0.717, 1.165) is 49.2 Å². The highest BCUT2D eigenvalue weighted by Gasteiger charge is 2.38. The molecule has 6 nitrogen and oxygen atoms in total. The molecule has 0 radical (unpaired) electrons. The summed E-state index contributed by atoms with van der Waals surface area (Å²) in [6, 6.07) is 2.25. The van der Waals surface area contributed by atoms with Crippen LogP contribution in [-0.2, 0) is 12.8 Å². The number of anilines is 1. The maximum absolute atomic E-state index is 9.59. The van der Waals surface area contributed by atoms with Crippen molar-refractivity contribution >= 4 is 18.2 Å². The van der Waals surface area contributed by atoms with Crippen molar-refractivity contribution in [2.45, 2.75) is 32.1 Å². The smallest absolute Gasteiger partial charge is 0.142 e. The summed E-state index contributed by atoms with van der Waals surface area (Å²) in [5.74, 6) is 0.337. The van der Waals surface area contributed by atoms with Gasteiger partial charge in [0.2, 0.25) is 0 Å². The number of halogens is 1. The number of aromatic nitrogens is 3. The molecule has 2 aromatic rings. The van der Waals surface area contributed by atoms with Crippen molar-refractivity contribution in [3.8, 4) is 17.2 Å². The van der Waals surface area contributed by atoms with Gasteiger partial charge in [0.15, 0.2) is 0 Å². The average molecular weight is 345 g/mol. The molecule has 2 aliphatic rings. The lowest BCUT2D eigenvalue weighted by atomic mass is 9.66. The number of hydrogen-bond acceptors (Lipinski definition) is 5. The molecular weight excluding hydrogens is 324 g/mol. The zero-order valence-corrected chi connectivity index (χ0v) is 14.2. The molecule has 4 rings (SSSR count). The lowest BCUT2D eigenvalue weighted by molar-refractivity contribution is 0.173. The third kappa shape index (κ3) is 2.64. The monoisotopic (exact) mass is 344 g/mol. The maximum Gasteiger partial charge on any atom is 0.142 e. The Morgan fingerprint density at radius 1 is 1.25 bits per heavy atom. The predicted molar refractivity (Wildman–Crippen MR) is 94.8 cm³/mol. The number of rotatable bonds is 1. The molecular formula is C17H21ClN6. The number of pyridine rings is 1. The molecule has 1 aliphatic heterocycles. The van der Waals surface area contributed by atoms with Gasteiger partial charge in [0.1, 0.15) is 17.5 Å². The van der Waals surface area contributed by atoms with Crippen LogP contribution in [0.3, 0.4) is 0 Å². The fourth-order valence-electron chi connectivity index (χ4n) is 4.14. The van der Waals surface area contributed by atoms with E-state index in [1.165, 1.54) is 18.4 Å². The van der Waals surface area contributed by atoms with Crippen molar-refractivity contribution in [2.24, 2.45) is 5.41 Å². The molecule has 3 heterocycles. The number of H-pyrrole nitrogens is 1. The first kappa shape index (κ1) is 16.7. The number of aryl methyl sites for hydroxylation is 1. The lowest BCUT2D eigenvalue weighted by Crippen LogP contribution is -2.40. The van der Waals surface area contributed by atoms with Crippen LogP contribution in [0.4, 0.5) is 5.82 Å². The number of nitrogens with one attached hydrogen (secondary N) is 2. The number of aromatic amines is 1. The fraction of sp³-hybridized carbons (Fsp3) is 0.471. The predicted octanol–water partition coefficient (Wildman–Crippen LogP) is 2.21. The van der Waals surface area contributed by atoms with Crippen LogP contribution in [0.15, 0.2) is 12.4 Å². The zero-order valence-electron chi connectivity index (χ0n) is 13.4. The van der Waals surface area contributed by atoms with Crippen LogP contribution in [0.25, 0.3) is 11.1 Å². The average Bonchev–Trinajstić information content (AvgIpc) is 3.09. The Kier molecular flexibility index (Phi) is 4.48. The third-order valence-electron chi connectivity index (χ3n) is 5.42. The Morgan fingerprint density at radius 2 is 2.04 bits per heavy atom. The molecule has 0 saturated carbocycles. The topological polar surface area (TPSA) is 103 Å². The Labute approximate surface area is 147 Å². The first-order chi connectivity index (χ1) is 11.2. The van der Waals surface area contributed by atoms with E-state index in [1.54, 1.807) is 6.20 Å². The molecule has 1 fully saturated rings. The van der Waals surface area contributed by atoms with Gasteiger partial charge in [-0.3, -0.25) is 5.10 Å². The summed E-state index contributed by atoms with van der Waals surface area (Å²) >= 11 is 0. The molecule has 0 amide bonds. The van der Waals surface area contributed by atoms with Crippen LogP contribution in [0.2, 0.25) is 0 Å². The van der Waals surface area contributed by atoms with Gasteiger partial charge >= 0.3 is 0 Å². The van der Waals surface area contributed by atoms with Crippen LogP contribution in [0.5, 0.6) is 0 Å². The molecule has 24 heavy (non-hydrogen) atoms. The SMILES string of the molecule is Cl.N#Cc1c(N)nc2c(c1-c1cn[nH]c1)CC1(CCNCC1)CC2. The van der Waals surface area contributed by atoms with Gasteiger partial charge in [-0.15, -0.1) is 12.4 Å². The molecule has 126 valence electrons. The Balaban J connectivity index is 0.00000169. The fourth-order valence-corrected chi connectivity index (χ4v) is 4.14. The summed E-state index contributed by atoms with van der Waals surface area (Å²) in [6.45, 7) is 2.15. The minimum absolute atomic E-state index is 0. The number of nitrogens with zero attached hydrogens (tertiary/aromatic N) is 3. The summed E-state index contributed by atoms with van der Waals surface area (Å²) in [4.78, 5) is 4.54. The highest BCUT2D eigenvalue weighted by Crippen LogP contribution is 2.45. The van der Waals surface area contributed by atoms with Crippen LogP contribution in [0.1, 0.15) is 36.1 Å². The molecule has 0 atom stereocenters.